The summed E-state index contributed by atoms with van der Waals surface area (Å²) >= 11 is 7.12. The topological polar surface area (TPSA) is 91.0 Å². The van der Waals surface area contributed by atoms with Gasteiger partial charge in [-0.2, -0.15) is 0 Å². The Hall–Kier alpha value is -2.47. The second kappa shape index (κ2) is 14.7. The number of quaternary nitrogens is 1. The molecule has 0 unspecified atom stereocenters. The summed E-state index contributed by atoms with van der Waals surface area (Å²) in [4.78, 5) is 44.7. The average Bonchev–Trinajstić information content (AvgIpc) is 3.24. The fraction of sp³-hybridized carbons (Fsp3) is 0.571. The highest BCUT2D eigenvalue weighted by Crippen LogP contribution is 2.34. The Kier molecular flexibility index (Phi) is 10.7. The third kappa shape index (κ3) is 7.63. The van der Waals surface area contributed by atoms with Gasteiger partial charge in [0.05, 0.1) is 20.1 Å². The second-order valence-corrected chi connectivity index (χ2v) is 15.4. The van der Waals surface area contributed by atoms with Gasteiger partial charge in [0.2, 0.25) is 6.10 Å². The van der Waals surface area contributed by atoms with Crippen LogP contribution in [-0.4, -0.2) is 97.3 Å². The molecule has 2 N–H and O–H groups in total. The summed E-state index contributed by atoms with van der Waals surface area (Å²) in [6, 6.07) is 13.8. The molecule has 0 saturated carbocycles. The van der Waals surface area contributed by atoms with E-state index < -0.39 is 12.2 Å². The lowest BCUT2D eigenvalue weighted by atomic mass is 9.78. The summed E-state index contributed by atoms with van der Waals surface area (Å²) in [5.74, 6) is 1.37. The van der Waals surface area contributed by atoms with Crippen LogP contribution in [-0.2, 0) is 22.4 Å². The van der Waals surface area contributed by atoms with E-state index in [9.17, 15) is 14.4 Å². The first-order valence-corrected chi connectivity index (χ1v) is 18.4. The predicted molar refractivity (Wildman–Crippen MR) is 186 cm³/mol. The maximum atomic E-state index is 14.3. The third-order valence-corrected chi connectivity index (χ3v) is 12.7. The number of rotatable bonds is 6. The molecule has 0 aliphatic carbocycles. The summed E-state index contributed by atoms with van der Waals surface area (Å²) in [5, 5.41) is 6.53. The molecular formula is C35H46Br2N5O4+. The van der Waals surface area contributed by atoms with Crippen molar-refractivity contribution >= 4 is 55.6 Å². The normalized spacial score (nSPS) is 25.3. The van der Waals surface area contributed by atoms with E-state index in [2.05, 4.69) is 48.6 Å². The summed E-state index contributed by atoms with van der Waals surface area (Å²) in [5.41, 5.74) is 2.94. The van der Waals surface area contributed by atoms with Crippen molar-refractivity contribution in [3.05, 3.63) is 62.5 Å². The molecule has 0 aromatic heterocycles. The van der Waals surface area contributed by atoms with Gasteiger partial charge in [-0.15, -0.1) is 0 Å². The molecule has 46 heavy (non-hydrogen) atoms. The molecule has 0 radical (unpaired) electrons. The van der Waals surface area contributed by atoms with Crippen LogP contribution in [0.5, 0.6) is 0 Å². The Morgan fingerprint density at radius 3 is 2.35 bits per heavy atom. The highest BCUT2D eigenvalue weighted by molar-refractivity contribution is 9.13. The summed E-state index contributed by atoms with van der Waals surface area (Å²) in [6.07, 6.45) is 5.62. The van der Waals surface area contributed by atoms with Crippen LogP contribution >= 0.6 is 31.9 Å². The second-order valence-electron chi connectivity index (χ2n) is 13.7. The Morgan fingerprint density at radius 1 is 0.935 bits per heavy atom. The van der Waals surface area contributed by atoms with Crippen molar-refractivity contribution in [2.24, 2.45) is 11.8 Å². The van der Waals surface area contributed by atoms with Gasteiger partial charge in [-0.05, 0) is 118 Å². The number of likely N-dealkylation sites (N-methyl/N-ethyl adjacent to an activating group) is 1. The number of para-hydroxylation sites is 1. The zero-order chi connectivity index (χ0) is 32.3. The summed E-state index contributed by atoms with van der Waals surface area (Å²) in [7, 11) is 2.02. The van der Waals surface area contributed by atoms with Crippen molar-refractivity contribution < 1.29 is 23.6 Å². The number of benzene rings is 2. The number of piperidine rings is 3. The summed E-state index contributed by atoms with van der Waals surface area (Å²) in [6.45, 7) is 5.33. The average molecular weight is 761 g/mol. The molecule has 9 nitrogen and oxygen atoms in total. The van der Waals surface area contributed by atoms with Crippen molar-refractivity contribution in [2.45, 2.75) is 63.5 Å². The van der Waals surface area contributed by atoms with Gasteiger partial charge in [0.1, 0.15) is 0 Å². The molecule has 248 valence electrons. The number of fused-ring (bicyclic) bond motifs is 1. The molecule has 3 saturated heterocycles. The lowest BCUT2D eigenvalue weighted by Crippen LogP contribution is -2.59. The van der Waals surface area contributed by atoms with Gasteiger partial charge in [0.25, 0.3) is 0 Å². The van der Waals surface area contributed by atoms with Gasteiger partial charge >= 0.3 is 18.0 Å². The van der Waals surface area contributed by atoms with Crippen molar-refractivity contribution in [2.75, 3.05) is 58.2 Å². The Labute approximate surface area is 289 Å². The molecule has 2 aromatic rings. The quantitative estimate of drug-likeness (QED) is 0.343. The van der Waals surface area contributed by atoms with Gasteiger partial charge < -0.3 is 25.2 Å². The number of amides is 4. The molecule has 4 aliphatic rings. The third-order valence-electron chi connectivity index (χ3n) is 10.8. The van der Waals surface area contributed by atoms with Crippen LogP contribution in [0.15, 0.2) is 51.4 Å². The minimum absolute atomic E-state index is 0.0214. The maximum absolute atomic E-state index is 14.3. The van der Waals surface area contributed by atoms with Crippen LogP contribution in [0, 0.1) is 11.8 Å². The van der Waals surface area contributed by atoms with Crippen LogP contribution in [0.2, 0.25) is 0 Å². The lowest BCUT2D eigenvalue weighted by Gasteiger charge is -2.42. The number of urea groups is 1. The van der Waals surface area contributed by atoms with E-state index in [0.29, 0.717) is 49.3 Å². The number of hydrogen-bond donors (Lipinski definition) is 2. The molecule has 4 amide bonds. The molecule has 4 aliphatic heterocycles. The zero-order valence-corrected chi connectivity index (χ0v) is 29.9. The van der Waals surface area contributed by atoms with Crippen LogP contribution < -0.4 is 10.6 Å². The smallest absolute Gasteiger partial charge is 0.410 e. The van der Waals surface area contributed by atoms with Crippen LogP contribution in [0.3, 0.4) is 0 Å². The number of likely N-dealkylation sites (tertiary alicyclic amines) is 2. The van der Waals surface area contributed by atoms with E-state index >= 15 is 0 Å². The lowest BCUT2D eigenvalue weighted by molar-refractivity contribution is -0.843. The summed E-state index contributed by atoms with van der Waals surface area (Å²) < 4.78 is 8.27. The van der Waals surface area contributed by atoms with E-state index in [1.54, 1.807) is 4.90 Å². The van der Waals surface area contributed by atoms with E-state index in [-0.39, 0.29) is 18.0 Å². The first kappa shape index (κ1) is 33.4. The highest BCUT2D eigenvalue weighted by Gasteiger charge is 2.45. The van der Waals surface area contributed by atoms with Gasteiger partial charge in [0.15, 0.2) is 0 Å². The van der Waals surface area contributed by atoms with Crippen molar-refractivity contribution in [3.8, 4) is 0 Å². The van der Waals surface area contributed by atoms with E-state index in [0.717, 1.165) is 77.1 Å². The molecular weight excluding hydrogens is 714 g/mol. The molecule has 3 fully saturated rings. The number of halogens is 2. The molecule has 1 atom stereocenters. The van der Waals surface area contributed by atoms with E-state index in [1.807, 2.05) is 48.3 Å². The van der Waals surface area contributed by atoms with Gasteiger partial charge in [-0.25, -0.2) is 14.4 Å². The predicted octanol–water partition coefficient (Wildman–Crippen LogP) is 6.20. The Bertz CT molecular complexity index is 1420. The molecule has 0 bridgehead atoms. The zero-order valence-electron chi connectivity index (χ0n) is 26.7. The van der Waals surface area contributed by atoms with Gasteiger partial charge in [-0.3, -0.25) is 4.48 Å². The largest absolute Gasteiger partial charge is 0.431 e. The molecule has 4 heterocycles. The highest BCUT2D eigenvalue weighted by atomic mass is 79.9. The SMILES string of the molecule is C[N+]1(C(=O)[C@@H](Cc2ccc(Br)c(Br)c2)OC(=O)N2CCC(N3CCc4ccccc4NC3=O)CC2)CCC(C2CCNCC2)CC1. The molecule has 11 heteroatoms. The molecule has 6 rings (SSSR count). The monoisotopic (exact) mass is 758 g/mol. The number of nitrogens with zero attached hydrogens (tertiary/aromatic N) is 3. The minimum Gasteiger partial charge on any atom is -0.431 e. The van der Waals surface area contributed by atoms with Gasteiger partial charge in [0, 0.05) is 59.6 Å². The number of ether oxygens (including phenoxy) is 1. The van der Waals surface area contributed by atoms with Gasteiger partial charge in [-0.1, -0.05) is 24.3 Å². The van der Waals surface area contributed by atoms with Crippen molar-refractivity contribution in [1.29, 1.82) is 0 Å². The Balaban J connectivity index is 1.09. The number of hydrogen-bond acceptors (Lipinski definition) is 5. The number of anilines is 1. The first-order valence-electron chi connectivity index (χ1n) is 16.8. The fourth-order valence-corrected chi connectivity index (χ4v) is 8.54. The first-order chi connectivity index (χ1) is 22.2. The molecule has 0 spiro atoms. The fourth-order valence-electron chi connectivity index (χ4n) is 7.87. The minimum atomic E-state index is -0.881. The maximum Gasteiger partial charge on any atom is 0.410 e. The van der Waals surface area contributed by atoms with Crippen molar-refractivity contribution in [1.82, 2.24) is 15.1 Å². The van der Waals surface area contributed by atoms with Crippen molar-refractivity contribution in [3.63, 3.8) is 0 Å². The van der Waals surface area contributed by atoms with E-state index in [1.165, 1.54) is 12.8 Å². The Morgan fingerprint density at radius 2 is 1.63 bits per heavy atom. The van der Waals surface area contributed by atoms with Crippen LogP contribution in [0.4, 0.5) is 15.3 Å². The van der Waals surface area contributed by atoms with Crippen LogP contribution in [0.1, 0.15) is 49.7 Å². The number of carbonyl (C=O) groups excluding carboxylic acids is 3. The molecule has 2 aromatic carbocycles. The standard InChI is InChI=1S/C35H45Br2N5O4/c1-42(20-13-26(14-21-42)25-8-15-38-16-9-25)33(43)32(23-24-6-7-29(36)30(37)22-24)46-35(45)40-17-11-28(12-18-40)41-19-10-27-4-2-3-5-31(27)39-34(41)44/h2-7,22,25-26,28,32,38H,8-21,23H2,1H3/p+1/t26?,32-,42?/m1/s1. The number of nitrogens with one attached hydrogen (secondary N) is 2. The van der Waals surface area contributed by atoms with Crippen LogP contribution in [0.25, 0.3) is 0 Å². The number of carbonyl (C=O) groups is 3. The van der Waals surface area contributed by atoms with E-state index in [4.69, 9.17) is 4.74 Å².